The van der Waals surface area contributed by atoms with Gasteiger partial charge in [0.05, 0.1) is 22.4 Å². The number of hydrogen-bond acceptors (Lipinski definition) is 9. The first-order chi connectivity index (χ1) is 32.0. The van der Waals surface area contributed by atoms with Gasteiger partial charge in [-0.25, -0.2) is 0 Å². The zero-order chi connectivity index (χ0) is 51.6. The van der Waals surface area contributed by atoms with E-state index in [0.29, 0.717) is 35.3 Å². The summed E-state index contributed by atoms with van der Waals surface area (Å²) in [6.07, 6.45) is 4.25. The van der Waals surface area contributed by atoms with E-state index in [-0.39, 0.29) is 47.6 Å². The fraction of sp³-hybridized carbons (Fsp3) is 0.545. The van der Waals surface area contributed by atoms with Crippen molar-refractivity contribution in [2.24, 2.45) is 10.8 Å². The van der Waals surface area contributed by atoms with E-state index in [1.807, 2.05) is 166 Å². The number of benzene rings is 4. The van der Waals surface area contributed by atoms with Gasteiger partial charge >= 0.3 is 33.1 Å². The summed E-state index contributed by atoms with van der Waals surface area (Å²) < 4.78 is 55.6. The predicted octanol–water partition coefficient (Wildman–Crippen LogP) is 11.2. The Balaban J connectivity index is 0.000000300. The van der Waals surface area contributed by atoms with Crippen molar-refractivity contribution in [2.45, 2.75) is 184 Å². The smallest absolute Gasteiger partial charge is 0.455 e. The second-order valence-electron chi connectivity index (χ2n) is 21.7. The fourth-order valence-electron chi connectivity index (χ4n) is 7.45. The van der Waals surface area contributed by atoms with Gasteiger partial charge < -0.3 is 49.1 Å². The van der Waals surface area contributed by atoms with Crippen LogP contribution >= 0.6 is 31.9 Å². The van der Waals surface area contributed by atoms with Gasteiger partial charge in [-0.1, -0.05) is 97.2 Å². The summed E-state index contributed by atoms with van der Waals surface area (Å²) >= 11 is 6.76. The van der Waals surface area contributed by atoms with Crippen molar-refractivity contribution in [1.82, 2.24) is 0 Å². The minimum atomic E-state index is -0.467. The second-order valence-corrected chi connectivity index (χ2v) is 23.5. The van der Waals surface area contributed by atoms with Crippen molar-refractivity contribution in [3.8, 4) is 23.0 Å². The van der Waals surface area contributed by atoms with Gasteiger partial charge in [0.15, 0.2) is 0 Å². The van der Waals surface area contributed by atoms with E-state index in [1.54, 1.807) is 0 Å². The SMILES string of the molecule is CC(C)OB1CC(C)(C)C(C)(C)C1.CC(Oc1ccc(B2OC(C)(C)C(C)(C)O2)cc1)Oc1ccc(B2OC(C)(C)C(C)(C)O2)cc1.CC(Oc1ccc(Br)cc1)Oc1ccc(Br)cc1.[CH2-]CCC.[Li+]. The quantitative estimate of drug-likeness (QED) is 0.0738. The normalized spacial score (nSPS) is 18.7. The second kappa shape index (κ2) is 26.2. The van der Waals surface area contributed by atoms with E-state index in [9.17, 15) is 0 Å². The molecule has 7 rings (SSSR count). The van der Waals surface area contributed by atoms with Crippen molar-refractivity contribution in [3.05, 3.63) is 113 Å². The van der Waals surface area contributed by atoms with Gasteiger partial charge in [0.1, 0.15) is 23.0 Å². The minimum absolute atomic E-state index is 0. The third-order valence-electron chi connectivity index (χ3n) is 13.8. The molecule has 0 bridgehead atoms. The third-order valence-corrected chi connectivity index (χ3v) is 14.8. The van der Waals surface area contributed by atoms with Crippen LogP contribution in [0.25, 0.3) is 0 Å². The molecule has 0 N–H and O–H groups in total. The van der Waals surface area contributed by atoms with Crippen LogP contribution < -0.4 is 48.7 Å². The number of halogens is 2. The van der Waals surface area contributed by atoms with E-state index >= 15 is 0 Å². The van der Waals surface area contributed by atoms with Crippen molar-refractivity contribution < 1.29 is 61.1 Å². The van der Waals surface area contributed by atoms with E-state index in [4.69, 9.17) is 42.2 Å². The molecule has 0 amide bonds. The number of unbranched alkanes of at least 4 members (excludes halogenated alkanes) is 1. The van der Waals surface area contributed by atoms with E-state index in [2.05, 4.69) is 87.2 Å². The Morgan fingerprint density at radius 2 is 0.729 bits per heavy atom. The molecule has 9 nitrogen and oxygen atoms in total. The van der Waals surface area contributed by atoms with E-state index < -0.39 is 20.5 Å². The monoisotopic (exact) mass is 1080 g/mol. The van der Waals surface area contributed by atoms with Crippen LogP contribution in [0.3, 0.4) is 0 Å². The fourth-order valence-corrected chi connectivity index (χ4v) is 7.98. The standard InChI is InChI=1S/C26H36B2O6.C14H12Br2O2.C11H23BO.C4H9.Li/c1-18(29-21-14-10-19(11-15-21)27-31-23(2,3)24(4,5)32-27)30-22-16-12-20(13-17-22)28-33-25(6,7)26(8,9)34-28;1-10(17-13-6-2-11(15)3-7-13)18-14-8-4-12(16)5-9-14;1-9(2)13-12-7-10(3,4)11(5,6)8-12;1-3-4-2;/h10-18H,1-9H3;2-10H,1H3;9H,7-8H2,1-6H3;1,3-4H2,2H3;/q;;;-1;+1. The first kappa shape index (κ1) is 61.9. The molecule has 0 radical (unpaired) electrons. The molecule has 15 heteroatoms. The van der Waals surface area contributed by atoms with Crippen molar-refractivity contribution in [2.75, 3.05) is 0 Å². The van der Waals surface area contributed by atoms with Crippen molar-refractivity contribution in [1.29, 1.82) is 0 Å². The van der Waals surface area contributed by atoms with Gasteiger partial charge in [-0.15, -0.1) is 0 Å². The Bertz CT molecular complexity index is 1980. The summed E-state index contributed by atoms with van der Waals surface area (Å²) in [6, 6.07) is 30.8. The summed E-state index contributed by atoms with van der Waals surface area (Å²) in [5.41, 5.74) is 1.29. The molecular formula is C55H80B3Br2LiO9. The maximum absolute atomic E-state index is 6.11. The third kappa shape index (κ3) is 17.9. The van der Waals surface area contributed by atoms with Gasteiger partial charge in [0.2, 0.25) is 12.6 Å². The van der Waals surface area contributed by atoms with Crippen molar-refractivity contribution in [3.63, 3.8) is 0 Å². The number of ether oxygens (including phenoxy) is 4. The Hall–Kier alpha value is -2.37. The molecule has 3 heterocycles. The molecule has 0 spiro atoms. The average Bonchev–Trinajstić information content (AvgIpc) is 3.71. The zero-order valence-electron chi connectivity index (χ0n) is 45.7. The molecule has 0 unspecified atom stereocenters. The molecule has 378 valence electrons. The van der Waals surface area contributed by atoms with Crippen LogP contribution in [0.15, 0.2) is 106 Å². The average molecular weight is 1080 g/mol. The van der Waals surface area contributed by atoms with Crippen LogP contribution in [-0.4, -0.2) is 62.2 Å². The summed E-state index contributed by atoms with van der Waals surface area (Å²) in [4.78, 5) is 0. The van der Waals surface area contributed by atoms with Crippen molar-refractivity contribution >= 4 is 63.9 Å². The van der Waals surface area contributed by atoms with Gasteiger partial charge in [0, 0.05) is 28.9 Å². The van der Waals surface area contributed by atoms with Gasteiger partial charge in [0.25, 0.3) is 6.92 Å². The maximum atomic E-state index is 6.11. The van der Waals surface area contributed by atoms with E-state index in [0.717, 1.165) is 37.8 Å². The molecule has 3 saturated heterocycles. The first-order valence-corrected chi connectivity index (χ1v) is 26.1. The van der Waals surface area contributed by atoms with Gasteiger partial charge in [-0.2, -0.15) is 6.42 Å². The molecular weight excluding hydrogens is 1000 g/mol. The largest absolute Gasteiger partial charge is 1.00 e. The van der Waals surface area contributed by atoms with Crippen LogP contribution in [-0.2, 0) is 23.3 Å². The van der Waals surface area contributed by atoms with Crippen LogP contribution in [0.4, 0.5) is 0 Å². The Kier molecular flexibility index (Phi) is 23.2. The predicted molar refractivity (Wildman–Crippen MR) is 293 cm³/mol. The Morgan fingerprint density at radius 1 is 0.486 bits per heavy atom. The van der Waals surface area contributed by atoms with Crippen LogP contribution in [0.5, 0.6) is 23.0 Å². The number of rotatable bonds is 13. The van der Waals surface area contributed by atoms with Gasteiger partial charge in [-0.3, -0.25) is 0 Å². The minimum Gasteiger partial charge on any atom is -0.455 e. The topological polar surface area (TPSA) is 83.1 Å². The molecule has 3 aliphatic rings. The first-order valence-electron chi connectivity index (χ1n) is 24.5. The molecule has 0 aromatic heterocycles. The number of hydrogen-bond donors (Lipinski definition) is 0. The van der Waals surface area contributed by atoms with Gasteiger partial charge in [-0.05, 0) is 176 Å². The zero-order valence-corrected chi connectivity index (χ0v) is 48.8. The Labute approximate surface area is 453 Å². The van der Waals surface area contributed by atoms with E-state index in [1.165, 1.54) is 19.1 Å². The Morgan fingerprint density at radius 3 is 0.957 bits per heavy atom. The maximum Gasteiger partial charge on any atom is 1.00 e. The van der Waals surface area contributed by atoms with Crippen LogP contribution in [0.2, 0.25) is 12.6 Å². The molecule has 4 aromatic rings. The summed E-state index contributed by atoms with van der Waals surface area (Å²) in [6.45, 7) is 40.0. The summed E-state index contributed by atoms with van der Waals surface area (Å²) in [5.74, 6) is 2.98. The molecule has 3 aliphatic heterocycles. The summed E-state index contributed by atoms with van der Waals surface area (Å²) in [7, 11) is -0.787. The summed E-state index contributed by atoms with van der Waals surface area (Å²) in [5, 5.41) is 0. The molecule has 70 heavy (non-hydrogen) atoms. The molecule has 4 aromatic carbocycles. The molecule has 3 fully saturated rings. The molecule has 0 aliphatic carbocycles. The molecule has 0 saturated carbocycles. The van der Waals surface area contributed by atoms with Crippen LogP contribution in [0.1, 0.15) is 131 Å². The van der Waals surface area contributed by atoms with Crippen LogP contribution in [0, 0.1) is 17.8 Å². The molecule has 0 atom stereocenters.